The highest BCUT2D eigenvalue weighted by Crippen LogP contribution is 2.36. The summed E-state index contributed by atoms with van der Waals surface area (Å²) in [6, 6.07) is 6.93. The number of benzene rings is 1. The van der Waals surface area contributed by atoms with Gasteiger partial charge in [-0.2, -0.15) is 0 Å². The Balaban J connectivity index is 1.93. The summed E-state index contributed by atoms with van der Waals surface area (Å²) in [5, 5.41) is 5.61. The van der Waals surface area contributed by atoms with Crippen LogP contribution in [0.25, 0.3) is 0 Å². The number of carbonyl (C=O) groups is 5. The molecule has 0 aromatic heterocycles. The Labute approximate surface area is 261 Å². The van der Waals surface area contributed by atoms with Crippen LogP contribution in [0.15, 0.2) is 30.3 Å². The molecule has 0 spiro atoms. The van der Waals surface area contributed by atoms with Crippen LogP contribution in [0.2, 0.25) is 0 Å². The summed E-state index contributed by atoms with van der Waals surface area (Å²) in [5.74, 6) is -2.13. The Hall–Kier alpha value is -3.63. The topological polar surface area (TPSA) is 134 Å². The van der Waals surface area contributed by atoms with E-state index in [1.54, 1.807) is 30.6 Å². The fourth-order valence-corrected chi connectivity index (χ4v) is 6.13. The molecule has 11 heteroatoms. The monoisotopic (exact) mass is 614 g/mol. The number of alkyl carbamates (subject to hydrolysis) is 1. The Morgan fingerprint density at radius 1 is 0.932 bits per heavy atom. The number of carbonyl (C=O) groups excluding carboxylic acids is 5. The molecule has 0 aliphatic carbocycles. The molecule has 2 aliphatic rings. The van der Waals surface area contributed by atoms with Crippen molar-refractivity contribution in [2.45, 2.75) is 110 Å². The first kappa shape index (κ1) is 34.9. The van der Waals surface area contributed by atoms with Gasteiger partial charge in [0.1, 0.15) is 29.3 Å². The van der Waals surface area contributed by atoms with E-state index in [-0.39, 0.29) is 30.1 Å². The highest BCUT2D eigenvalue weighted by atomic mass is 16.6. The van der Waals surface area contributed by atoms with Crippen molar-refractivity contribution in [2.24, 2.45) is 11.8 Å². The molecule has 1 aromatic rings. The van der Waals surface area contributed by atoms with Gasteiger partial charge in [0.05, 0.1) is 7.11 Å². The summed E-state index contributed by atoms with van der Waals surface area (Å²) in [6.45, 7) is 13.2. The molecule has 0 saturated carbocycles. The summed E-state index contributed by atoms with van der Waals surface area (Å²) in [5.41, 5.74) is -1.12. The summed E-state index contributed by atoms with van der Waals surface area (Å²) < 4.78 is 10.4. The quantitative estimate of drug-likeness (QED) is 0.386. The van der Waals surface area contributed by atoms with Gasteiger partial charge in [0.25, 0.3) is 0 Å². The first-order chi connectivity index (χ1) is 20.6. The number of likely N-dealkylation sites (tertiary alicyclic amines) is 2. The van der Waals surface area contributed by atoms with Gasteiger partial charge in [0.2, 0.25) is 17.7 Å². The molecule has 3 rings (SSSR count). The average molecular weight is 615 g/mol. The van der Waals surface area contributed by atoms with Crippen LogP contribution >= 0.6 is 0 Å². The first-order valence-electron chi connectivity index (χ1n) is 15.7. The maximum atomic E-state index is 14.4. The van der Waals surface area contributed by atoms with Crippen molar-refractivity contribution < 1.29 is 33.4 Å². The summed E-state index contributed by atoms with van der Waals surface area (Å²) >= 11 is 0. The second-order valence-electron chi connectivity index (χ2n) is 13.6. The number of hydrogen-bond acceptors (Lipinski definition) is 7. The van der Waals surface area contributed by atoms with E-state index in [1.165, 1.54) is 7.11 Å². The summed E-state index contributed by atoms with van der Waals surface area (Å²) in [7, 11) is 1.28. The molecule has 0 bridgehead atoms. The lowest BCUT2D eigenvalue weighted by Crippen LogP contribution is -2.64. The minimum absolute atomic E-state index is 0.237. The minimum atomic E-state index is -1.26. The number of esters is 1. The average Bonchev–Trinajstić information content (AvgIpc) is 3.61. The van der Waals surface area contributed by atoms with Crippen LogP contribution in [0.1, 0.15) is 79.7 Å². The fourth-order valence-electron chi connectivity index (χ4n) is 6.13. The Morgan fingerprint density at radius 3 is 2.14 bits per heavy atom. The van der Waals surface area contributed by atoms with E-state index in [0.717, 1.165) is 5.56 Å². The molecule has 11 nitrogen and oxygen atoms in total. The van der Waals surface area contributed by atoms with Crippen LogP contribution in [-0.4, -0.2) is 89.0 Å². The lowest BCUT2D eigenvalue weighted by atomic mass is 9.85. The fraction of sp³-hybridized carbons (Fsp3) is 0.667. The molecular weight excluding hydrogens is 564 g/mol. The number of ether oxygens (including phenoxy) is 2. The van der Waals surface area contributed by atoms with Gasteiger partial charge in [-0.25, -0.2) is 9.59 Å². The Morgan fingerprint density at radius 2 is 1.57 bits per heavy atom. The molecule has 2 fully saturated rings. The zero-order valence-corrected chi connectivity index (χ0v) is 27.5. The van der Waals surface area contributed by atoms with E-state index in [1.807, 2.05) is 58.0 Å². The number of amides is 4. The first-order valence-corrected chi connectivity index (χ1v) is 15.7. The molecule has 2 saturated heterocycles. The summed E-state index contributed by atoms with van der Waals surface area (Å²) in [4.78, 5) is 70.9. The highest BCUT2D eigenvalue weighted by molar-refractivity contribution is 5.98. The number of methoxy groups -OCH3 is 1. The van der Waals surface area contributed by atoms with Crippen LogP contribution in [0.3, 0.4) is 0 Å². The minimum Gasteiger partial charge on any atom is -0.467 e. The van der Waals surface area contributed by atoms with Gasteiger partial charge in [-0.05, 0) is 63.9 Å². The molecule has 1 aromatic carbocycles. The van der Waals surface area contributed by atoms with Gasteiger partial charge >= 0.3 is 12.1 Å². The zero-order valence-electron chi connectivity index (χ0n) is 27.5. The molecule has 4 amide bonds. The van der Waals surface area contributed by atoms with E-state index in [0.29, 0.717) is 38.8 Å². The number of hydrogen-bond donors (Lipinski definition) is 2. The third-order valence-electron chi connectivity index (χ3n) is 8.35. The lowest BCUT2D eigenvalue weighted by Gasteiger charge is -2.41. The molecule has 2 aliphatic heterocycles. The van der Waals surface area contributed by atoms with Crippen molar-refractivity contribution in [3.63, 3.8) is 0 Å². The Bertz CT molecular complexity index is 1200. The largest absolute Gasteiger partial charge is 0.467 e. The maximum absolute atomic E-state index is 14.4. The van der Waals surface area contributed by atoms with Gasteiger partial charge < -0.3 is 29.9 Å². The molecule has 44 heavy (non-hydrogen) atoms. The van der Waals surface area contributed by atoms with Gasteiger partial charge in [-0.1, -0.05) is 58.0 Å². The van der Waals surface area contributed by atoms with E-state index in [4.69, 9.17) is 9.47 Å². The predicted octanol–water partition coefficient (Wildman–Crippen LogP) is 3.44. The van der Waals surface area contributed by atoms with Crippen molar-refractivity contribution in [3.05, 3.63) is 35.9 Å². The molecular formula is C33H50N4O7. The molecule has 4 atom stereocenters. The molecule has 0 radical (unpaired) electrons. The standard InChI is InChI=1S/C33H50N4O7/c1-21(2)25(35-31(42)44-32(5,6)7)28(39)36-18-12-16-24(36)27(38)37-19-13-17-33(37,20-23-14-10-9-11-15-23)30(41)34-26(22(3)4)29(40)43-8/h9-11,14-15,21-22,24-26H,12-13,16-20H2,1-8H3,(H,34,41)(H,35,42)/t24-,25-,26-,33?/m0/s1. The van der Waals surface area contributed by atoms with Gasteiger partial charge in [-0.15, -0.1) is 0 Å². The second kappa shape index (κ2) is 14.4. The van der Waals surface area contributed by atoms with E-state index in [9.17, 15) is 24.0 Å². The molecule has 2 heterocycles. The van der Waals surface area contributed by atoms with Crippen LogP contribution in [-0.2, 0) is 35.1 Å². The van der Waals surface area contributed by atoms with Crippen molar-refractivity contribution in [3.8, 4) is 0 Å². The summed E-state index contributed by atoms with van der Waals surface area (Å²) in [6.07, 6.45) is 1.61. The van der Waals surface area contributed by atoms with E-state index in [2.05, 4.69) is 10.6 Å². The van der Waals surface area contributed by atoms with Gasteiger partial charge in [0.15, 0.2) is 0 Å². The Kier molecular flexibility index (Phi) is 11.4. The maximum Gasteiger partial charge on any atom is 0.408 e. The van der Waals surface area contributed by atoms with Crippen LogP contribution in [0.4, 0.5) is 4.79 Å². The highest BCUT2D eigenvalue weighted by Gasteiger charge is 2.53. The second-order valence-corrected chi connectivity index (χ2v) is 13.6. The van der Waals surface area contributed by atoms with Crippen molar-refractivity contribution >= 4 is 29.8 Å². The number of rotatable bonds is 10. The van der Waals surface area contributed by atoms with Crippen LogP contribution in [0.5, 0.6) is 0 Å². The molecule has 2 N–H and O–H groups in total. The smallest absolute Gasteiger partial charge is 0.408 e. The van der Waals surface area contributed by atoms with E-state index < -0.39 is 47.2 Å². The van der Waals surface area contributed by atoms with Crippen LogP contribution < -0.4 is 10.6 Å². The van der Waals surface area contributed by atoms with Crippen molar-refractivity contribution in [2.75, 3.05) is 20.2 Å². The van der Waals surface area contributed by atoms with E-state index >= 15 is 0 Å². The van der Waals surface area contributed by atoms with Crippen molar-refractivity contribution in [1.82, 2.24) is 20.4 Å². The van der Waals surface area contributed by atoms with Gasteiger partial charge in [0, 0.05) is 19.5 Å². The zero-order chi connectivity index (χ0) is 32.8. The van der Waals surface area contributed by atoms with Crippen molar-refractivity contribution in [1.29, 1.82) is 0 Å². The normalized spacial score (nSPS) is 21.6. The van der Waals surface area contributed by atoms with Gasteiger partial charge in [-0.3, -0.25) is 14.4 Å². The third kappa shape index (κ3) is 8.09. The predicted molar refractivity (Wildman–Crippen MR) is 165 cm³/mol. The SMILES string of the molecule is COC(=O)[C@@H](NC(=O)C1(Cc2ccccc2)CCCN1C(=O)[C@@H]1CCCN1C(=O)[C@@H](NC(=O)OC(C)(C)C)C(C)C)C(C)C. The molecule has 244 valence electrons. The van der Waals surface area contributed by atoms with Crippen LogP contribution in [0, 0.1) is 11.8 Å². The third-order valence-corrected chi connectivity index (χ3v) is 8.35. The lowest BCUT2D eigenvalue weighted by molar-refractivity contribution is -0.154. The molecule has 1 unspecified atom stereocenters. The number of nitrogens with zero attached hydrogens (tertiary/aromatic N) is 2. The number of nitrogens with one attached hydrogen (secondary N) is 2.